The number of amides is 1. The van der Waals surface area contributed by atoms with E-state index in [1.54, 1.807) is 47.2 Å². The van der Waals surface area contributed by atoms with Crippen LogP contribution in [0.5, 0.6) is 5.75 Å². The molecule has 0 unspecified atom stereocenters. The Morgan fingerprint density at radius 1 is 1.30 bits per heavy atom. The monoisotopic (exact) mass is 440 g/mol. The third kappa shape index (κ3) is 3.66. The Labute approximate surface area is 183 Å². The number of pyridine rings is 1. The normalized spacial score (nSPS) is 11.1. The first-order valence-electron chi connectivity index (χ1n) is 9.35. The summed E-state index contributed by atoms with van der Waals surface area (Å²) in [7, 11) is 5.22. The number of ether oxygens (including phenoxy) is 1. The van der Waals surface area contributed by atoms with Gasteiger partial charge in [-0.3, -0.25) is 9.48 Å². The number of carbonyl (C=O) groups excluding carboxylic acids is 1. The Kier molecular flexibility index (Phi) is 5.49. The van der Waals surface area contributed by atoms with Gasteiger partial charge in [0, 0.05) is 31.2 Å². The van der Waals surface area contributed by atoms with Gasteiger partial charge in [-0.1, -0.05) is 17.7 Å². The zero-order valence-corrected chi connectivity index (χ0v) is 18.7. The van der Waals surface area contributed by atoms with Crippen molar-refractivity contribution in [2.75, 3.05) is 14.2 Å². The number of hydrogen-bond donors (Lipinski definition) is 0. The summed E-state index contributed by atoms with van der Waals surface area (Å²) in [5.41, 5.74) is 3.65. The minimum absolute atomic E-state index is 0.113. The van der Waals surface area contributed by atoms with Gasteiger partial charge in [0.05, 0.1) is 34.3 Å². The molecule has 4 aromatic rings. The average Bonchev–Trinajstić information content (AvgIpc) is 3.36. The van der Waals surface area contributed by atoms with Crippen LogP contribution in [0.4, 0.5) is 0 Å². The predicted molar refractivity (Wildman–Crippen MR) is 120 cm³/mol. The molecule has 154 valence electrons. The van der Waals surface area contributed by atoms with Crippen LogP contribution in [0.3, 0.4) is 0 Å². The van der Waals surface area contributed by atoms with E-state index < -0.39 is 0 Å². The minimum atomic E-state index is -0.113. The molecule has 0 N–H and O–H groups in total. The van der Waals surface area contributed by atoms with E-state index in [0.717, 1.165) is 27.2 Å². The van der Waals surface area contributed by atoms with Crippen LogP contribution in [0.15, 0.2) is 41.8 Å². The molecule has 0 saturated heterocycles. The highest BCUT2D eigenvalue weighted by atomic mass is 35.5. The fourth-order valence-electron chi connectivity index (χ4n) is 3.57. The molecule has 0 aliphatic rings. The van der Waals surface area contributed by atoms with Crippen molar-refractivity contribution in [1.82, 2.24) is 19.7 Å². The number of thiophene rings is 1. The number of nitrogens with zero attached hydrogens (tertiary/aromatic N) is 4. The Morgan fingerprint density at radius 3 is 2.80 bits per heavy atom. The van der Waals surface area contributed by atoms with Crippen LogP contribution >= 0.6 is 22.9 Å². The molecule has 3 heterocycles. The Balaban J connectivity index is 1.78. The summed E-state index contributed by atoms with van der Waals surface area (Å²) in [6.07, 6.45) is 0. The van der Waals surface area contributed by atoms with Crippen molar-refractivity contribution in [1.29, 1.82) is 0 Å². The van der Waals surface area contributed by atoms with E-state index in [-0.39, 0.29) is 5.91 Å². The molecule has 6 nitrogen and oxygen atoms in total. The number of aryl methyl sites for hydroxylation is 2. The van der Waals surface area contributed by atoms with E-state index in [0.29, 0.717) is 28.5 Å². The van der Waals surface area contributed by atoms with E-state index in [1.165, 1.54) is 0 Å². The fraction of sp³-hybridized carbons (Fsp3) is 0.227. The van der Waals surface area contributed by atoms with Crippen molar-refractivity contribution in [2.45, 2.75) is 13.5 Å². The van der Waals surface area contributed by atoms with Crippen LogP contribution in [-0.2, 0) is 13.6 Å². The first-order valence-corrected chi connectivity index (χ1v) is 10.6. The van der Waals surface area contributed by atoms with Gasteiger partial charge in [-0.15, -0.1) is 11.3 Å². The second-order valence-electron chi connectivity index (χ2n) is 7.06. The molecule has 0 spiro atoms. The molecule has 4 rings (SSSR count). The number of halogens is 1. The van der Waals surface area contributed by atoms with Crippen molar-refractivity contribution in [3.8, 4) is 16.3 Å². The van der Waals surface area contributed by atoms with Crippen LogP contribution < -0.4 is 4.74 Å². The molecule has 30 heavy (non-hydrogen) atoms. The molecule has 0 aliphatic carbocycles. The van der Waals surface area contributed by atoms with E-state index in [9.17, 15) is 4.79 Å². The second-order valence-corrected chi connectivity index (χ2v) is 8.44. The third-order valence-electron chi connectivity index (χ3n) is 4.97. The molecule has 0 radical (unpaired) electrons. The molecule has 0 bridgehead atoms. The number of methoxy groups -OCH3 is 1. The summed E-state index contributed by atoms with van der Waals surface area (Å²) in [5, 5.41) is 7.85. The lowest BCUT2D eigenvalue weighted by atomic mass is 10.1. The van der Waals surface area contributed by atoms with Gasteiger partial charge in [0.1, 0.15) is 5.75 Å². The van der Waals surface area contributed by atoms with Gasteiger partial charge in [-0.05, 0) is 42.6 Å². The maximum Gasteiger partial charge on any atom is 0.254 e. The van der Waals surface area contributed by atoms with E-state index >= 15 is 0 Å². The Hall–Kier alpha value is -2.90. The lowest BCUT2D eigenvalue weighted by Gasteiger charge is -2.20. The predicted octanol–water partition coefficient (Wildman–Crippen LogP) is 4.94. The highest BCUT2D eigenvalue weighted by molar-refractivity contribution is 7.13. The standard InChI is InChI=1S/C22H21ClN4O2S/c1-13-20-16(11-17(19-6-5-9-30-19)24-21(20)27(3)25-13)22(28)26(2)12-14-10-15(23)7-8-18(14)29-4/h5-11H,12H2,1-4H3. The summed E-state index contributed by atoms with van der Waals surface area (Å²) >= 11 is 7.74. The van der Waals surface area contributed by atoms with Gasteiger partial charge in [0.2, 0.25) is 0 Å². The molecule has 3 aromatic heterocycles. The van der Waals surface area contributed by atoms with Gasteiger partial charge in [0.25, 0.3) is 5.91 Å². The van der Waals surface area contributed by atoms with E-state index in [4.69, 9.17) is 21.3 Å². The van der Waals surface area contributed by atoms with Crippen molar-refractivity contribution < 1.29 is 9.53 Å². The average molecular weight is 441 g/mol. The molecule has 1 amide bonds. The largest absolute Gasteiger partial charge is 0.496 e. The zero-order valence-electron chi connectivity index (χ0n) is 17.1. The van der Waals surface area contributed by atoms with Gasteiger partial charge in [0.15, 0.2) is 5.65 Å². The summed E-state index contributed by atoms with van der Waals surface area (Å²) in [4.78, 5) is 21.0. The van der Waals surface area contributed by atoms with Crippen molar-refractivity contribution in [3.05, 3.63) is 63.6 Å². The van der Waals surface area contributed by atoms with Crippen LogP contribution in [0.2, 0.25) is 5.02 Å². The molecular weight excluding hydrogens is 420 g/mol. The van der Waals surface area contributed by atoms with Gasteiger partial charge in [-0.25, -0.2) is 4.98 Å². The molecule has 0 atom stereocenters. The smallest absolute Gasteiger partial charge is 0.254 e. The van der Waals surface area contributed by atoms with E-state index in [2.05, 4.69) is 5.10 Å². The topological polar surface area (TPSA) is 60.2 Å². The maximum absolute atomic E-state index is 13.5. The highest BCUT2D eigenvalue weighted by Crippen LogP contribution is 2.30. The van der Waals surface area contributed by atoms with Crippen LogP contribution in [0.25, 0.3) is 21.6 Å². The third-order valence-corrected chi connectivity index (χ3v) is 6.10. The summed E-state index contributed by atoms with van der Waals surface area (Å²) in [6.45, 7) is 2.26. The fourth-order valence-corrected chi connectivity index (χ4v) is 4.45. The molecule has 0 fully saturated rings. The maximum atomic E-state index is 13.5. The summed E-state index contributed by atoms with van der Waals surface area (Å²) < 4.78 is 7.15. The number of aromatic nitrogens is 3. The number of hydrogen-bond acceptors (Lipinski definition) is 5. The van der Waals surface area contributed by atoms with Crippen molar-refractivity contribution in [2.24, 2.45) is 7.05 Å². The highest BCUT2D eigenvalue weighted by Gasteiger charge is 2.22. The van der Waals surface area contributed by atoms with Gasteiger partial charge < -0.3 is 9.64 Å². The Morgan fingerprint density at radius 2 is 2.10 bits per heavy atom. The van der Waals surface area contributed by atoms with Gasteiger partial charge in [-0.2, -0.15) is 5.10 Å². The zero-order chi connectivity index (χ0) is 21.4. The SMILES string of the molecule is COc1ccc(Cl)cc1CN(C)C(=O)c1cc(-c2cccs2)nc2c1c(C)nn2C. The number of benzene rings is 1. The lowest BCUT2D eigenvalue weighted by Crippen LogP contribution is -2.27. The quantitative estimate of drug-likeness (QED) is 0.441. The first kappa shape index (κ1) is 20.4. The number of rotatable bonds is 5. The lowest BCUT2D eigenvalue weighted by molar-refractivity contribution is 0.0786. The Bertz CT molecular complexity index is 1230. The second kappa shape index (κ2) is 8.08. The van der Waals surface area contributed by atoms with Crippen molar-refractivity contribution in [3.63, 3.8) is 0 Å². The van der Waals surface area contributed by atoms with Crippen molar-refractivity contribution >= 4 is 39.9 Å². The molecule has 1 aromatic carbocycles. The number of fused-ring (bicyclic) bond motifs is 1. The molecule has 0 aliphatic heterocycles. The molecular formula is C22H21ClN4O2S. The van der Waals surface area contributed by atoms with Crippen LogP contribution in [-0.4, -0.2) is 39.7 Å². The first-order chi connectivity index (χ1) is 14.4. The van der Waals surface area contributed by atoms with Crippen LogP contribution in [0.1, 0.15) is 21.6 Å². The van der Waals surface area contributed by atoms with Crippen LogP contribution in [0, 0.1) is 6.92 Å². The summed E-state index contributed by atoms with van der Waals surface area (Å²) in [5.74, 6) is 0.578. The minimum Gasteiger partial charge on any atom is -0.496 e. The van der Waals surface area contributed by atoms with Gasteiger partial charge >= 0.3 is 0 Å². The number of carbonyl (C=O) groups is 1. The van der Waals surface area contributed by atoms with E-state index in [1.807, 2.05) is 43.6 Å². The summed E-state index contributed by atoms with van der Waals surface area (Å²) in [6, 6.07) is 11.2. The molecule has 0 saturated carbocycles. The molecule has 8 heteroatoms.